The lowest BCUT2D eigenvalue weighted by atomic mass is 9.89. The predicted molar refractivity (Wildman–Crippen MR) is 112 cm³/mol. The van der Waals surface area contributed by atoms with E-state index in [4.69, 9.17) is 16.3 Å². The minimum Gasteiger partial charge on any atom is -0.477 e. The number of anilines is 1. The zero-order valence-electron chi connectivity index (χ0n) is 16.8. The molecule has 2 atom stereocenters. The van der Waals surface area contributed by atoms with Crippen molar-refractivity contribution in [1.29, 1.82) is 0 Å². The molecule has 0 aliphatic carbocycles. The number of thiazole rings is 1. The van der Waals surface area contributed by atoms with Crippen LogP contribution in [0.5, 0.6) is 0 Å². The number of aromatic carboxylic acids is 1. The highest BCUT2D eigenvalue weighted by Gasteiger charge is 2.34. The number of aromatic amines is 1. The van der Waals surface area contributed by atoms with Crippen molar-refractivity contribution < 1.29 is 23.8 Å². The lowest BCUT2D eigenvalue weighted by Crippen LogP contribution is -2.46. The van der Waals surface area contributed by atoms with E-state index in [1.165, 1.54) is 0 Å². The Hall–Kier alpha value is -2.04. The summed E-state index contributed by atoms with van der Waals surface area (Å²) in [5.74, 6) is -1.06. The van der Waals surface area contributed by atoms with Gasteiger partial charge in [0.15, 0.2) is 21.9 Å². The average Bonchev–Trinajstić information content (AvgIpc) is 3.29. The summed E-state index contributed by atoms with van der Waals surface area (Å²) in [6.07, 6.45) is 1.09. The van der Waals surface area contributed by atoms with Crippen molar-refractivity contribution in [3.63, 3.8) is 0 Å². The topological polar surface area (TPSA) is 108 Å². The number of carboxylic acid groups (broad SMARTS) is 1. The van der Waals surface area contributed by atoms with Crippen LogP contribution in [0.15, 0.2) is 0 Å². The molecule has 0 radical (unpaired) electrons. The highest BCUT2D eigenvalue weighted by Crippen LogP contribution is 2.32. The van der Waals surface area contributed by atoms with Gasteiger partial charge in [-0.1, -0.05) is 29.9 Å². The van der Waals surface area contributed by atoms with Gasteiger partial charge in [-0.3, -0.25) is 4.79 Å². The van der Waals surface area contributed by atoms with Gasteiger partial charge in [-0.05, 0) is 25.7 Å². The Morgan fingerprint density at radius 3 is 2.80 bits per heavy atom. The van der Waals surface area contributed by atoms with E-state index < -0.39 is 12.6 Å². The fourth-order valence-corrected chi connectivity index (χ4v) is 4.77. The second-order valence-electron chi connectivity index (χ2n) is 7.14. The Morgan fingerprint density at radius 2 is 2.20 bits per heavy atom. The Balaban J connectivity index is 1.72. The Morgan fingerprint density at radius 1 is 1.43 bits per heavy atom. The van der Waals surface area contributed by atoms with Crippen LogP contribution in [0.2, 0.25) is 5.15 Å². The third kappa shape index (κ3) is 4.98. The monoisotopic (exact) mass is 458 g/mol. The molecule has 1 aliphatic rings. The highest BCUT2D eigenvalue weighted by molar-refractivity contribution is 7.17. The van der Waals surface area contributed by atoms with Gasteiger partial charge in [-0.25, -0.2) is 19.2 Å². The van der Waals surface area contributed by atoms with E-state index in [1.54, 1.807) is 6.92 Å². The lowest BCUT2D eigenvalue weighted by molar-refractivity contribution is -0.00201. The number of H-pyrrole nitrogens is 1. The van der Waals surface area contributed by atoms with Gasteiger partial charge in [0.2, 0.25) is 0 Å². The third-order valence-corrected chi connectivity index (χ3v) is 6.67. The van der Waals surface area contributed by atoms with Crippen LogP contribution in [0.3, 0.4) is 0 Å². The number of carbonyl (C=O) groups is 2. The van der Waals surface area contributed by atoms with E-state index >= 15 is 0 Å². The van der Waals surface area contributed by atoms with Crippen LogP contribution in [0.25, 0.3) is 0 Å². The molecular formula is C19H24ClFN4O4S. The number of aromatic nitrogens is 3. The number of ketones is 1. The number of hydrogen-bond donors (Lipinski definition) is 2. The predicted octanol–water partition coefficient (Wildman–Crippen LogP) is 3.54. The number of rotatable bonds is 9. The van der Waals surface area contributed by atoms with Crippen molar-refractivity contribution in [3.8, 4) is 0 Å². The van der Waals surface area contributed by atoms with Crippen LogP contribution < -0.4 is 4.90 Å². The van der Waals surface area contributed by atoms with E-state index in [-0.39, 0.29) is 41.5 Å². The fraction of sp³-hybridized carbons (Fsp3) is 0.579. The molecule has 1 fully saturated rings. The summed E-state index contributed by atoms with van der Waals surface area (Å²) in [7, 11) is 0. The van der Waals surface area contributed by atoms with Gasteiger partial charge in [0.05, 0.1) is 24.1 Å². The zero-order chi connectivity index (χ0) is 21.8. The second kappa shape index (κ2) is 9.84. The number of imidazole rings is 1. The van der Waals surface area contributed by atoms with Crippen molar-refractivity contribution >= 4 is 39.8 Å². The van der Waals surface area contributed by atoms with Crippen LogP contribution in [0.1, 0.15) is 51.4 Å². The summed E-state index contributed by atoms with van der Waals surface area (Å²) < 4.78 is 18.4. The van der Waals surface area contributed by atoms with Gasteiger partial charge < -0.3 is 19.7 Å². The number of Topliss-reactive ketones (excluding diaryl/α,β-unsaturated/α-hetero) is 1. The molecule has 0 unspecified atom stereocenters. The molecule has 164 valence electrons. The maximum absolute atomic E-state index is 12.7. The number of nitrogens with zero attached hydrogens (tertiary/aromatic N) is 3. The molecule has 11 heteroatoms. The second-order valence-corrected chi connectivity index (χ2v) is 8.48. The molecule has 3 rings (SSSR count). The first-order valence-corrected chi connectivity index (χ1v) is 10.9. The molecule has 1 aliphatic heterocycles. The zero-order valence-corrected chi connectivity index (χ0v) is 18.4. The molecule has 2 N–H and O–H groups in total. The number of nitrogens with one attached hydrogen (secondary N) is 1. The molecule has 0 spiro atoms. The summed E-state index contributed by atoms with van der Waals surface area (Å²) in [4.78, 5) is 37.6. The number of ether oxygens (including phenoxy) is 1. The molecule has 0 saturated carbocycles. The molecule has 2 aromatic rings. The first-order valence-electron chi connectivity index (χ1n) is 9.74. The Bertz CT molecular complexity index is 918. The van der Waals surface area contributed by atoms with Gasteiger partial charge in [0.25, 0.3) is 0 Å². The maximum atomic E-state index is 12.7. The van der Waals surface area contributed by atoms with E-state index in [9.17, 15) is 19.1 Å². The summed E-state index contributed by atoms with van der Waals surface area (Å²) >= 11 is 7.15. The number of aryl methyl sites for hydroxylation is 2. The van der Waals surface area contributed by atoms with E-state index in [0.717, 1.165) is 11.3 Å². The number of carboxylic acids is 1. The number of halogens is 2. The van der Waals surface area contributed by atoms with Crippen molar-refractivity contribution in [2.24, 2.45) is 5.92 Å². The molecule has 0 bridgehead atoms. The molecule has 0 aromatic carbocycles. The van der Waals surface area contributed by atoms with Gasteiger partial charge in [0, 0.05) is 19.5 Å². The van der Waals surface area contributed by atoms with Crippen LogP contribution in [0.4, 0.5) is 9.52 Å². The van der Waals surface area contributed by atoms with Crippen LogP contribution >= 0.6 is 22.9 Å². The Kier molecular flexibility index (Phi) is 7.43. The van der Waals surface area contributed by atoms with E-state index in [0.29, 0.717) is 47.6 Å². The normalized spacial score (nSPS) is 19.3. The molecule has 2 aromatic heterocycles. The minimum absolute atomic E-state index is 0.0625. The van der Waals surface area contributed by atoms with Gasteiger partial charge in [-0.15, -0.1) is 0 Å². The number of piperidine rings is 1. The van der Waals surface area contributed by atoms with E-state index in [2.05, 4.69) is 15.0 Å². The highest BCUT2D eigenvalue weighted by atomic mass is 35.5. The summed E-state index contributed by atoms with van der Waals surface area (Å²) in [5, 5.41) is 10.2. The molecule has 30 heavy (non-hydrogen) atoms. The van der Waals surface area contributed by atoms with Crippen molar-refractivity contribution in [2.45, 2.75) is 39.2 Å². The summed E-state index contributed by atoms with van der Waals surface area (Å²) in [5.41, 5.74) is 1.18. The first kappa shape index (κ1) is 22.6. The maximum Gasteiger partial charge on any atom is 0.347 e. The quantitative estimate of drug-likeness (QED) is 0.553. The molecule has 8 nitrogen and oxygen atoms in total. The van der Waals surface area contributed by atoms with Gasteiger partial charge in [0.1, 0.15) is 11.6 Å². The average molecular weight is 459 g/mol. The Labute approximate surface area is 182 Å². The fourth-order valence-electron chi connectivity index (χ4n) is 3.56. The number of hydrogen-bond acceptors (Lipinski definition) is 7. The van der Waals surface area contributed by atoms with Crippen molar-refractivity contribution in [1.82, 2.24) is 15.0 Å². The number of alkyl halides is 1. The molecular weight excluding hydrogens is 435 g/mol. The third-order valence-electron chi connectivity index (χ3n) is 5.15. The van der Waals surface area contributed by atoms with Crippen LogP contribution in [0, 0.1) is 12.8 Å². The standard InChI is InChI=1S/C19H24ClFN4O4S/c1-3-12-16(20)24-17(23-12)13(26)8-11-4-6-25(9-14(11)29-7-5-21)19-22-10(2)15(30-19)18(27)28/h11,14H,3-9H2,1-2H3,(H,23,24)(H,27,28)/t11-,14-/m0/s1. The lowest BCUT2D eigenvalue weighted by Gasteiger charge is -2.38. The first-order chi connectivity index (χ1) is 14.3. The van der Waals surface area contributed by atoms with Crippen molar-refractivity contribution in [3.05, 3.63) is 27.2 Å². The molecule has 3 heterocycles. The van der Waals surface area contributed by atoms with Crippen LogP contribution in [-0.2, 0) is 11.2 Å². The largest absolute Gasteiger partial charge is 0.477 e. The van der Waals surface area contributed by atoms with Gasteiger partial charge in [-0.2, -0.15) is 0 Å². The molecule has 0 amide bonds. The van der Waals surface area contributed by atoms with E-state index in [1.807, 2.05) is 11.8 Å². The smallest absolute Gasteiger partial charge is 0.347 e. The van der Waals surface area contributed by atoms with Crippen LogP contribution in [-0.4, -0.2) is 64.3 Å². The van der Waals surface area contributed by atoms with Gasteiger partial charge >= 0.3 is 5.97 Å². The SMILES string of the molecule is CCc1[nH]c(C(=O)C[C@@H]2CCN(c3nc(C)c(C(=O)O)s3)C[C@@H]2OCCF)nc1Cl. The summed E-state index contributed by atoms with van der Waals surface area (Å²) in [6, 6.07) is 0. The summed E-state index contributed by atoms with van der Waals surface area (Å²) in [6.45, 7) is 3.89. The molecule has 1 saturated heterocycles. The number of carbonyl (C=O) groups excluding carboxylic acids is 1. The minimum atomic E-state index is -1.01. The van der Waals surface area contributed by atoms with Crippen molar-refractivity contribution in [2.75, 3.05) is 31.3 Å².